The molecule has 8 heteroatoms. The van der Waals surface area contributed by atoms with E-state index in [9.17, 15) is 22.8 Å². The number of halogens is 3. The zero-order valence-corrected chi connectivity index (χ0v) is 14.7. The van der Waals surface area contributed by atoms with Gasteiger partial charge in [-0.05, 0) is 61.4 Å². The number of esters is 1. The molecule has 27 heavy (non-hydrogen) atoms. The van der Waals surface area contributed by atoms with Crippen LogP contribution in [0.4, 0.5) is 18.9 Å². The van der Waals surface area contributed by atoms with Gasteiger partial charge in [0.15, 0.2) is 13.2 Å². The van der Waals surface area contributed by atoms with Crippen molar-refractivity contribution in [1.82, 2.24) is 0 Å². The van der Waals surface area contributed by atoms with Gasteiger partial charge in [0.1, 0.15) is 5.75 Å². The van der Waals surface area contributed by atoms with Gasteiger partial charge in [-0.25, -0.2) is 4.79 Å². The van der Waals surface area contributed by atoms with Gasteiger partial charge in [0, 0.05) is 5.69 Å². The van der Waals surface area contributed by atoms with Crippen LogP contribution in [0, 0.1) is 13.8 Å². The highest BCUT2D eigenvalue weighted by Crippen LogP contribution is 2.29. The molecule has 144 valence electrons. The molecule has 0 bridgehead atoms. The predicted octanol–water partition coefficient (Wildman–Crippen LogP) is 3.88. The first-order chi connectivity index (χ1) is 12.6. The molecule has 0 atom stereocenters. The van der Waals surface area contributed by atoms with Crippen molar-refractivity contribution in [1.29, 1.82) is 0 Å². The zero-order chi connectivity index (χ0) is 20.0. The molecule has 0 saturated heterocycles. The van der Waals surface area contributed by atoms with Crippen molar-refractivity contribution in [3.05, 3.63) is 59.2 Å². The van der Waals surface area contributed by atoms with Crippen LogP contribution in [0.3, 0.4) is 0 Å². The summed E-state index contributed by atoms with van der Waals surface area (Å²) in [6, 6.07) is 9.40. The molecular weight excluding hydrogens is 363 g/mol. The Hall–Kier alpha value is -3.03. The molecule has 1 N–H and O–H groups in total. The summed E-state index contributed by atoms with van der Waals surface area (Å²) in [6.07, 6.45) is -4.45. The molecule has 0 saturated carbocycles. The van der Waals surface area contributed by atoms with E-state index in [1.54, 1.807) is 12.1 Å². The molecule has 0 aromatic heterocycles. The predicted molar refractivity (Wildman–Crippen MR) is 92.4 cm³/mol. The topological polar surface area (TPSA) is 64.6 Å². The van der Waals surface area contributed by atoms with Crippen LogP contribution in [-0.2, 0) is 20.5 Å². The fourth-order valence-corrected chi connectivity index (χ4v) is 2.29. The number of nitrogens with one attached hydrogen (secondary N) is 1. The summed E-state index contributed by atoms with van der Waals surface area (Å²) in [5.74, 6) is -0.898. The number of carbonyl (C=O) groups is 2. The highest BCUT2D eigenvalue weighted by Gasteiger charge is 2.29. The van der Waals surface area contributed by atoms with Crippen molar-refractivity contribution in [2.75, 3.05) is 18.5 Å². The summed E-state index contributed by atoms with van der Waals surface area (Å²) in [4.78, 5) is 23.4. The van der Waals surface area contributed by atoms with Gasteiger partial charge in [-0.1, -0.05) is 6.07 Å². The van der Waals surface area contributed by atoms with Crippen LogP contribution in [0.25, 0.3) is 0 Å². The maximum absolute atomic E-state index is 12.5. The van der Waals surface area contributed by atoms with E-state index in [1.807, 2.05) is 19.9 Å². The first-order valence-corrected chi connectivity index (χ1v) is 7.97. The number of benzene rings is 2. The van der Waals surface area contributed by atoms with Gasteiger partial charge in [0.25, 0.3) is 5.91 Å². The van der Waals surface area contributed by atoms with E-state index in [0.29, 0.717) is 5.75 Å². The third kappa shape index (κ3) is 6.65. The van der Waals surface area contributed by atoms with Gasteiger partial charge in [-0.15, -0.1) is 0 Å². The number of amides is 1. The lowest BCUT2D eigenvalue weighted by atomic mass is 10.1. The highest BCUT2D eigenvalue weighted by atomic mass is 19.4. The lowest BCUT2D eigenvalue weighted by molar-refractivity contribution is -0.149. The first kappa shape index (κ1) is 20.3. The molecule has 0 aliphatic rings. The number of hydrogen-bond donors (Lipinski definition) is 1. The molecule has 2 rings (SSSR count). The number of rotatable bonds is 6. The van der Waals surface area contributed by atoms with Crippen molar-refractivity contribution in [3.63, 3.8) is 0 Å². The van der Waals surface area contributed by atoms with Gasteiger partial charge in [0.2, 0.25) is 0 Å². The molecule has 2 aromatic carbocycles. The number of anilines is 1. The average molecular weight is 381 g/mol. The van der Waals surface area contributed by atoms with Crippen LogP contribution >= 0.6 is 0 Å². The smallest absolute Gasteiger partial charge is 0.416 e. The second kappa shape index (κ2) is 8.57. The Balaban J connectivity index is 1.77. The van der Waals surface area contributed by atoms with E-state index in [0.717, 1.165) is 35.4 Å². The highest BCUT2D eigenvalue weighted by molar-refractivity contribution is 5.92. The van der Waals surface area contributed by atoms with Gasteiger partial charge < -0.3 is 14.8 Å². The number of aryl methyl sites for hydroxylation is 2. The molecule has 0 aliphatic heterocycles. The fraction of sp³-hybridized carbons (Fsp3) is 0.263. The van der Waals surface area contributed by atoms with E-state index < -0.39 is 30.2 Å². The number of carbonyl (C=O) groups excluding carboxylic acids is 2. The normalized spacial score (nSPS) is 11.0. The first-order valence-electron chi connectivity index (χ1n) is 7.97. The van der Waals surface area contributed by atoms with Crippen LogP contribution in [0.15, 0.2) is 42.5 Å². The summed E-state index contributed by atoms with van der Waals surface area (Å²) in [7, 11) is 0. The lowest BCUT2D eigenvalue weighted by Crippen LogP contribution is -2.23. The van der Waals surface area contributed by atoms with Crippen LogP contribution in [0.1, 0.15) is 16.7 Å². The summed E-state index contributed by atoms with van der Waals surface area (Å²) in [5.41, 5.74) is 1.30. The molecule has 0 radical (unpaired) electrons. The Morgan fingerprint density at radius 3 is 2.11 bits per heavy atom. The van der Waals surface area contributed by atoms with Crippen molar-refractivity contribution in [2.24, 2.45) is 0 Å². The van der Waals surface area contributed by atoms with Crippen LogP contribution < -0.4 is 10.1 Å². The minimum absolute atomic E-state index is 0.163. The maximum atomic E-state index is 12.5. The lowest BCUT2D eigenvalue weighted by Gasteiger charge is -2.10. The molecule has 0 unspecified atom stereocenters. The van der Waals surface area contributed by atoms with Crippen molar-refractivity contribution >= 4 is 17.6 Å². The Morgan fingerprint density at radius 1 is 0.963 bits per heavy atom. The minimum atomic E-state index is -4.45. The quantitative estimate of drug-likeness (QED) is 0.772. The molecule has 0 fully saturated rings. The van der Waals surface area contributed by atoms with Crippen LogP contribution in [0.5, 0.6) is 5.75 Å². The molecule has 5 nitrogen and oxygen atoms in total. The summed E-state index contributed by atoms with van der Waals surface area (Å²) >= 11 is 0. The Labute approximate surface area is 154 Å². The SMILES string of the molecule is Cc1cc(C)cc(OCC(=O)OCC(=O)Nc2ccc(C(F)(F)F)cc2)c1. The third-order valence-corrected chi connectivity index (χ3v) is 3.41. The second-order valence-electron chi connectivity index (χ2n) is 5.90. The Kier molecular flexibility index (Phi) is 6.44. The summed E-state index contributed by atoms with van der Waals surface area (Å²) in [6.45, 7) is 2.85. The largest absolute Gasteiger partial charge is 0.482 e. The molecule has 0 aliphatic carbocycles. The summed E-state index contributed by atoms with van der Waals surface area (Å²) in [5, 5.41) is 2.34. The van der Waals surface area contributed by atoms with Gasteiger partial charge in [-0.3, -0.25) is 4.79 Å². The Bertz CT molecular complexity index is 796. The number of hydrogen-bond acceptors (Lipinski definition) is 4. The van der Waals surface area contributed by atoms with E-state index in [-0.39, 0.29) is 12.3 Å². The zero-order valence-electron chi connectivity index (χ0n) is 14.7. The van der Waals surface area contributed by atoms with Gasteiger partial charge in [0.05, 0.1) is 5.56 Å². The standard InChI is InChI=1S/C19H18F3NO4/c1-12-7-13(2)9-16(8-12)26-11-18(25)27-10-17(24)23-15-5-3-14(4-6-15)19(20,21)22/h3-9H,10-11H2,1-2H3,(H,23,24). The number of ether oxygens (including phenoxy) is 2. The van der Waals surface area contributed by atoms with Gasteiger partial charge in [-0.2, -0.15) is 13.2 Å². The van der Waals surface area contributed by atoms with E-state index in [4.69, 9.17) is 9.47 Å². The molecule has 1 amide bonds. The van der Waals surface area contributed by atoms with Crippen LogP contribution in [-0.4, -0.2) is 25.1 Å². The van der Waals surface area contributed by atoms with E-state index in [2.05, 4.69) is 5.32 Å². The van der Waals surface area contributed by atoms with Gasteiger partial charge >= 0.3 is 12.1 Å². The third-order valence-electron chi connectivity index (χ3n) is 3.41. The molecule has 0 spiro atoms. The van der Waals surface area contributed by atoms with Crippen molar-refractivity contribution < 1.29 is 32.2 Å². The van der Waals surface area contributed by atoms with Crippen LogP contribution in [0.2, 0.25) is 0 Å². The van der Waals surface area contributed by atoms with Crippen molar-refractivity contribution in [2.45, 2.75) is 20.0 Å². The number of alkyl halides is 3. The summed E-state index contributed by atoms with van der Waals surface area (Å²) < 4.78 is 47.5. The molecule has 2 aromatic rings. The minimum Gasteiger partial charge on any atom is -0.482 e. The molecule has 0 heterocycles. The van der Waals surface area contributed by atoms with E-state index >= 15 is 0 Å². The second-order valence-corrected chi connectivity index (χ2v) is 5.90. The van der Waals surface area contributed by atoms with Crippen molar-refractivity contribution in [3.8, 4) is 5.75 Å². The average Bonchev–Trinajstić information content (AvgIpc) is 2.57. The molecular formula is C19H18F3NO4. The monoisotopic (exact) mass is 381 g/mol. The fourth-order valence-electron chi connectivity index (χ4n) is 2.29. The maximum Gasteiger partial charge on any atom is 0.416 e. The Morgan fingerprint density at radius 2 is 1.56 bits per heavy atom. The van der Waals surface area contributed by atoms with E-state index in [1.165, 1.54) is 0 Å².